The number of carbonyl (C=O) groups excluding carboxylic acids is 1. The van der Waals surface area contributed by atoms with Gasteiger partial charge in [0.25, 0.3) is 5.91 Å². The molecule has 180 valence electrons. The number of carboxylic acid groups (broad SMARTS) is 1. The van der Waals surface area contributed by atoms with E-state index in [1.165, 1.54) is 25.3 Å². The number of halogens is 2. The molecule has 1 aliphatic rings. The van der Waals surface area contributed by atoms with Crippen LogP contribution in [0.2, 0.25) is 0 Å². The van der Waals surface area contributed by atoms with Crippen LogP contribution in [-0.2, 0) is 9.59 Å². The second-order valence-corrected chi connectivity index (χ2v) is 10.0. The molecule has 1 aliphatic heterocycles. The summed E-state index contributed by atoms with van der Waals surface area (Å²) in [5.74, 6) is -2.63. The average Bonchev–Trinajstić information content (AvgIpc) is 3.09. The molecule has 2 aromatic carbocycles. The first kappa shape index (κ1) is 25.8. The van der Waals surface area contributed by atoms with Gasteiger partial charge in [0.05, 0.1) is 23.6 Å². The van der Waals surface area contributed by atoms with Crippen molar-refractivity contribution in [2.75, 3.05) is 7.11 Å². The number of hydrogen-bond donors (Lipinski definition) is 3. The van der Waals surface area contributed by atoms with Crippen molar-refractivity contribution in [1.29, 1.82) is 0 Å². The largest absolute Gasteiger partial charge is 0.504 e. The molecule has 1 amide bonds. The molecule has 0 aromatic heterocycles. The van der Waals surface area contributed by atoms with E-state index in [2.05, 4.69) is 26.2 Å². The van der Waals surface area contributed by atoms with E-state index >= 15 is 0 Å². The quantitative estimate of drug-likeness (QED) is 0.358. The summed E-state index contributed by atoms with van der Waals surface area (Å²) in [6.07, 6.45) is 2.50. The predicted molar refractivity (Wildman–Crippen MR) is 134 cm³/mol. The van der Waals surface area contributed by atoms with Crippen molar-refractivity contribution in [3.8, 4) is 11.5 Å². The van der Waals surface area contributed by atoms with Crippen LogP contribution in [0, 0.1) is 11.7 Å². The zero-order valence-corrected chi connectivity index (χ0v) is 21.2. The van der Waals surface area contributed by atoms with Gasteiger partial charge in [-0.25, -0.2) is 9.38 Å². The van der Waals surface area contributed by atoms with Gasteiger partial charge in [-0.05, 0) is 60.9 Å². The summed E-state index contributed by atoms with van der Waals surface area (Å²) in [4.78, 5) is 28.6. The predicted octanol–water partition coefficient (Wildman–Crippen LogP) is 5.80. The Balaban J connectivity index is 1.83. The van der Waals surface area contributed by atoms with Crippen molar-refractivity contribution in [2.45, 2.75) is 32.6 Å². The smallest absolute Gasteiger partial charge is 0.311 e. The van der Waals surface area contributed by atoms with Gasteiger partial charge in [-0.3, -0.25) is 9.59 Å². The van der Waals surface area contributed by atoms with Crippen LogP contribution in [0.1, 0.15) is 43.7 Å². The number of methoxy groups -OCH3 is 1. The van der Waals surface area contributed by atoms with Gasteiger partial charge in [0, 0.05) is 15.6 Å². The molecular weight excluding hydrogens is 527 g/mol. The molecule has 3 rings (SSSR count). The van der Waals surface area contributed by atoms with Crippen molar-refractivity contribution in [2.24, 2.45) is 10.9 Å². The monoisotopic (exact) mass is 550 g/mol. The zero-order chi connectivity index (χ0) is 25.0. The second-order valence-electron chi connectivity index (χ2n) is 8.10. The lowest BCUT2D eigenvalue weighted by Gasteiger charge is -2.15. The van der Waals surface area contributed by atoms with E-state index in [0.29, 0.717) is 28.8 Å². The number of phenolic OH excluding ortho intramolecular Hbond substituents is 1. The Kier molecular flexibility index (Phi) is 8.37. The molecule has 2 aromatic rings. The maximum absolute atomic E-state index is 14.8. The van der Waals surface area contributed by atoms with Crippen molar-refractivity contribution in [3.05, 3.63) is 56.7 Å². The summed E-state index contributed by atoms with van der Waals surface area (Å²) >= 11 is 4.37. The molecule has 1 atom stereocenters. The van der Waals surface area contributed by atoms with E-state index < -0.39 is 23.6 Å². The summed E-state index contributed by atoms with van der Waals surface area (Å²) in [6.45, 7) is 3.97. The number of thioether (sulfide) groups is 1. The van der Waals surface area contributed by atoms with Crippen molar-refractivity contribution < 1.29 is 28.9 Å². The van der Waals surface area contributed by atoms with Crippen LogP contribution >= 0.6 is 27.7 Å². The van der Waals surface area contributed by atoms with Gasteiger partial charge in [-0.1, -0.05) is 35.8 Å². The molecule has 0 bridgehead atoms. The first-order chi connectivity index (χ1) is 16.1. The van der Waals surface area contributed by atoms with E-state index in [4.69, 9.17) is 4.74 Å². The molecule has 0 aliphatic carbocycles. The number of benzene rings is 2. The molecule has 1 saturated heterocycles. The molecule has 10 heteroatoms. The fourth-order valence-corrected chi connectivity index (χ4v) is 4.67. The Morgan fingerprint density at radius 3 is 2.65 bits per heavy atom. The molecule has 34 heavy (non-hydrogen) atoms. The summed E-state index contributed by atoms with van der Waals surface area (Å²) in [7, 11) is 1.42. The van der Waals surface area contributed by atoms with E-state index in [-0.39, 0.29) is 32.8 Å². The Hall–Kier alpha value is -2.85. The van der Waals surface area contributed by atoms with Crippen LogP contribution in [-0.4, -0.2) is 34.4 Å². The number of amides is 1. The minimum Gasteiger partial charge on any atom is -0.504 e. The number of hydrogen-bond acceptors (Lipinski definition) is 6. The topological polar surface area (TPSA) is 108 Å². The third-order valence-electron chi connectivity index (χ3n) is 5.15. The van der Waals surface area contributed by atoms with E-state index in [1.54, 1.807) is 12.1 Å². The van der Waals surface area contributed by atoms with Crippen LogP contribution in [0.4, 0.5) is 10.1 Å². The first-order valence-corrected chi connectivity index (χ1v) is 12.1. The number of rotatable bonds is 8. The maximum Gasteiger partial charge on any atom is 0.311 e. The van der Waals surface area contributed by atoms with Crippen molar-refractivity contribution in [1.82, 2.24) is 5.32 Å². The highest BCUT2D eigenvalue weighted by Crippen LogP contribution is 2.37. The lowest BCUT2D eigenvalue weighted by Crippen LogP contribution is -2.19. The number of carboxylic acids is 1. The molecule has 7 nitrogen and oxygen atoms in total. The number of ether oxygens (including phenoxy) is 1. The van der Waals surface area contributed by atoms with E-state index in [0.717, 1.165) is 17.8 Å². The zero-order valence-electron chi connectivity index (χ0n) is 18.8. The highest BCUT2D eigenvalue weighted by Gasteiger charge is 2.26. The molecule has 3 N–H and O–H groups in total. The van der Waals surface area contributed by atoms with Crippen LogP contribution < -0.4 is 10.1 Å². The normalized spacial score (nSPS) is 16.8. The fourth-order valence-electron chi connectivity index (χ4n) is 3.38. The van der Waals surface area contributed by atoms with Crippen LogP contribution in [0.5, 0.6) is 11.5 Å². The summed E-state index contributed by atoms with van der Waals surface area (Å²) < 4.78 is 20.6. The van der Waals surface area contributed by atoms with Gasteiger partial charge in [0.1, 0.15) is 5.82 Å². The number of phenols is 1. The standard InChI is InChI=1S/C24H24BrFN2O5S/c1-12(2)4-6-17(23(31)32)16-7-5-15(11-18(16)26)27-24-28-22(30)20(34-24)9-13-8-14(25)10-19(33-3)21(13)29/h5,7-12,17,29H,4,6H2,1-3H3,(H,31,32)(H,27,28,30). The van der Waals surface area contributed by atoms with Gasteiger partial charge in [-0.15, -0.1) is 0 Å². The van der Waals surface area contributed by atoms with E-state index in [1.807, 2.05) is 13.8 Å². The van der Waals surface area contributed by atoms with Crippen molar-refractivity contribution in [3.63, 3.8) is 0 Å². The number of aromatic hydroxyl groups is 1. The molecule has 0 saturated carbocycles. The Bertz CT molecular complexity index is 1180. The van der Waals surface area contributed by atoms with Crippen LogP contribution in [0.3, 0.4) is 0 Å². The number of aliphatic carboxylic acids is 1. The molecule has 1 fully saturated rings. The first-order valence-electron chi connectivity index (χ1n) is 10.5. The van der Waals surface area contributed by atoms with E-state index in [9.17, 15) is 24.2 Å². The Morgan fingerprint density at radius 1 is 1.29 bits per heavy atom. The van der Waals surface area contributed by atoms with Gasteiger partial charge in [-0.2, -0.15) is 0 Å². The second kappa shape index (κ2) is 11.1. The molecular formula is C24H24BrFN2O5S. The lowest BCUT2D eigenvalue weighted by molar-refractivity contribution is -0.139. The fraction of sp³-hybridized carbons (Fsp3) is 0.292. The van der Waals surface area contributed by atoms with Crippen LogP contribution in [0.15, 0.2) is 44.7 Å². The molecule has 1 unspecified atom stereocenters. The average molecular weight is 551 g/mol. The van der Waals surface area contributed by atoms with Gasteiger partial charge in [0.2, 0.25) is 0 Å². The third-order valence-corrected chi connectivity index (χ3v) is 6.52. The van der Waals surface area contributed by atoms with Gasteiger partial charge in [0.15, 0.2) is 16.7 Å². The number of amidine groups is 1. The summed E-state index contributed by atoms with van der Waals surface area (Å²) in [5.41, 5.74) is 0.728. The van der Waals surface area contributed by atoms with Gasteiger partial charge >= 0.3 is 5.97 Å². The number of nitrogens with one attached hydrogen (secondary N) is 1. The number of aliphatic imine (C=N–C) groups is 1. The van der Waals surface area contributed by atoms with Gasteiger partial charge < -0.3 is 20.3 Å². The third kappa shape index (κ3) is 6.18. The summed E-state index contributed by atoms with van der Waals surface area (Å²) in [5, 5.41) is 22.7. The molecule has 1 heterocycles. The maximum atomic E-state index is 14.8. The summed E-state index contributed by atoms with van der Waals surface area (Å²) in [6, 6.07) is 7.35. The SMILES string of the molecule is COc1cc(Br)cc(C=C2SC(=Nc3ccc(C(CCC(C)C)C(=O)O)c(F)c3)NC2=O)c1O. The molecule has 0 radical (unpaired) electrons. The van der Waals surface area contributed by atoms with Crippen LogP contribution in [0.25, 0.3) is 6.08 Å². The minimum atomic E-state index is -1.07. The number of carbonyl (C=O) groups is 2. The van der Waals surface area contributed by atoms with Crippen molar-refractivity contribution >= 4 is 56.5 Å². The molecule has 0 spiro atoms. The number of nitrogens with zero attached hydrogens (tertiary/aromatic N) is 1. The lowest BCUT2D eigenvalue weighted by atomic mass is 9.91. The highest BCUT2D eigenvalue weighted by atomic mass is 79.9. The highest BCUT2D eigenvalue weighted by molar-refractivity contribution is 9.10. The minimum absolute atomic E-state index is 0.111. The Labute approximate surface area is 209 Å². The Morgan fingerprint density at radius 2 is 2.03 bits per heavy atom.